The summed E-state index contributed by atoms with van der Waals surface area (Å²) in [5.41, 5.74) is 3.13. The number of rotatable bonds is 7. The van der Waals surface area contributed by atoms with E-state index in [-0.39, 0.29) is 12.5 Å². The van der Waals surface area contributed by atoms with Crippen LogP contribution in [0.3, 0.4) is 0 Å². The molecule has 0 aliphatic heterocycles. The zero-order chi connectivity index (χ0) is 24.2. The fourth-order valence-corrected chi connectivity index (χ4v) is 3.96. The Kier molecular flexibility index (Phi) is 7.69. The van der Waals surface area contributed by atoms with Crippen LogP contribution in [0.4, 0.5) is 5.82 Å². The van der Waals surface area contributed by atoms with Gasteiger partial charge in [0, 0.05) is 17.3 Å². The molecule has 0 saturated heterocycles. The van der Waals surface area contributed by atoms with E-state index in [9.17, 15) is 4.79 Å². The van der Waals surface area contributed by atoms with Gasteiger partial charge in [0.25, 0.3) is 5.91 Å². The van der Waals surface area contributed by atoms with Gasteiger partial charge < -0.3 is 10.1 Å². The van der Waals surface area contributed by atoms with Gasteiger partial charge in [-0.15, -0.1) is 0 Å². The lowest BCUT2D eigenvalue weighted by molar-refractivity contribution is 0.102. The number of hydrogen-bond acceptors (Lipinski definition) is 3. The zero-order valence-corrected chi connectivity index (χ0v) is 21.0. The molecule has 0 aliphatic rings. The van der Waals surface area contributed by atoms with Crippen LogP contribution in [-0.2, 0) is 13.2 Å². The molecule has 5 nitrogen and oxygen atoms in total. The second-order valence-electron chi connectivity index (χ2n) is 7.57. The van der Waals surface area contributed by atoms with Gasteiger partial charge in [-0.05, 0) is 54.4 Å². The molecule has 0 saturated carbocycles. The Hall–Kier alpha value is -2.70. The van der Waals surface area contributed by atoms with Crippen molar-refractivity contribution in [2.45, 2.75) is 20.1 Å². The van der Waals surface area contributed by atoms with Gasteiger partial charge in [0.2, 0.25) is 0 Å². The van der Waals surface area contributed by atoms with E-state index < -0.39 is 0 Å². The molecule has 1 amide bonds. The Labute approximate surface area is 217 Å². The predicted molar refractivity (Wildman–Crippen MR) is 138 cm³/mol. The highest BCUT2D eigenvalue weighted by atomic mass is 35.5. The quantitative estimate of drug-likeness (QED) is 0.264. The van der Waals surface area contributed by atoms with Crippen LogP contribution in [-0.4, -0.2) is 15.7 Å². The summed E-state index contributed by atoms with van der Waals surface area (Å²) < 4.78 is 7.55. The van der Waals surface area contributed by atoms with Gasteiger partial charge in [-0.3, -0.25) is 9.48 Å². The van der Waals surface area contributed by atoms with Crippen molar-refractivity contribution in [3.8, 4) is 5.75 Å². The van der Waals surface area contributed by atoms with E-state index in [0.29, 0.717) is 43.8 Å². The SMILES string of the molecule is Cc1cc(NC(=O)c2cccc(COc3cccc(Cl)c3Cl)c2)nn1Cc1ccc(Cl)c(Cl)c1. The highest BCUT2D eigenvalue weighted by Crippen LogP contribution is 2.32. The minimum atomic E-state index is -0.276. The van der Waals surface area contributed by atoms with E-state index in [1.807, 2.05) is 25.1 Å². The molecule has 0 unspecified atom stereocenters. The number of anilines is 1. The molecule has 4 aromatic rings. The number of carbonyl (C=O) groups excluding carboxylic acids is 1. The number of hydrogen-bond donors (Lipinski definition) is 1. The molecule has 0 fully saturated rings. The number of nitrogens with zero attached hydrogens (tertiary/aromatic N) is 2. The van der Waals surface area contributed by atoms with Crippen molar-refractivity contribution in [1.29, 1.82) is 0 Å². The van der Waals surface area contributed by atoms with Crippen molar-refractivity contribution < 1.29 is 9.53 Å². The van der Waals surface area contributed by atoms with Crippen LogP contribution < -0.4 is 10.1 Å². The van der Waals surface area contributed by atoms with Gasteiger partial charge in [-0.25, -0.2) is 0 Å². The Morgan fingerprint density at radius 3 is 2.50 bits per heavy atom. The maximum Gasteiger partial charge on any atom is 0.256 e. The van der Waals surface area contributed by atoms with Gasteiger partial charge in [-0.2, -0.15) is 5.10 Å². The molecule has 0 atom stereocenters. The largest absolute Gasteiger partial charge is 0.487 e. The van der Waals surface area contributed by atoms with Crippen LogP contribution in [0.1, 0.15) is 27.2 Å². The number of nitrogens with one attached hydrogen (secondary N) is 1. The molecular formula is C25H19Cl4N3O2. The third-order valence-corrected chi connectivity index (χ3v) is 6.58. The van der Waals surface area contributed by atoms with E-state index in [1.54, 1.807) is 53.2 Å². The predicted octanol–water partition coefficient (Wildman–Crippen LogP) is 7.68. The molecule has 4 rings (SSSR count). The summed E-state index contributed by atoms with van der Waals surface area (Å²) >= 11 is 24.3. The van der Waals surface area contributed by atoms with Gasteiger partial charge in [0.1, 0.15) is 17.4 Å². The monoisotopic (exact) mass is 533 g/mol. The molecular weight excluding hydrogens is 516 g/mol. The Balaban J connectivity index is 1.42. The molecule has 1 N–H and O–H groups in total. The lowest BCUT2D eigenvalue weighted by Gasteiger charge is -2.10. The molecule has 0 radical (unpaired) electrons. The van der Waals surface area contributed by atoms with Gasteiger partial charge >= 0.3 is 0 Å². The standard InChI is InChI=1S/C25H19Cl4N3O2/c1-15-10-23(31-32(15)13-16-8-9-19(26)21(28)12-16)30-25(33)18-5-2-4-17(11-18)14-34-22-7-3-6-20(27)24(22)29/h2-12H,13-14H2,1H3,(H,30,31,33). The molecule has 0 spiro atoms. The van der Waals surface area contributed by atoms with Crippen molar-refractivity contribution in [3.63, 3.8) is 0 Å². The summed E-state index contributed by atoms with van der Waals surface area (Å²) in [5, 5.41) is 9.10. The van der Waals surface area contributed by atoms with Crippen LogP contribution in [0.2, 0.25) is 20.1 Å². The smallest absolute Gasteiger partial charge is 0.256 e. The van der Waals surface area contributed by atoms with Gasteiger partial charge in [0.05, 0.1) is 21.6 Å². The average Bonchev–Trinajstić information content (AvgIpc) is 3.15. The zero-order valence-electron chi connectivity index (χ0n) is 18.0. The average molecular weight is 535 g/mol. The van der Waals surface area contributed by atoms with Gasteiger partial charge in [-0.1, -0.05) is 70.7 Å². The lowest BCUT2D eigenvalue weighted by atomic mass is 10.1. The topological polar surface area (TPSA) is 56.1 Å². The van der Waals surface area contributed by atoms with Crippen molar-refractivity contribution in [2.24, 2.45) is 0 Å². The maximum atomic E-state index is 12.8. The third kappa shape index (κ3) is 5.86. The normalized spacial score (nSPS) is 10.9. The first-order valence-corrected chi connectivity index (χ1v) is 11.8. The second kappa shape index (κ2) is 10.7. The number of benzene rings is 3. The van der Waals surface area contributed by atoms with E-state index in [2.05, 4.69) is 10.4 Å². The molecule has 3 aromatic carbocycles. The van der Waals surface area contributed by atoms with E-state index in [1.165, 1.54) is 0 Å². The third-order valence-electron chi connectivity index (χ3n) is 5.04. The summed E-state index contributed by atoms with van der Waals surface area (Å²) in [4.78, 5) is 12.8. The number of aromatic nitrogens is 2. The van der Waals surface area contributed by atoms with Crippen LogP contribution in [0.15, 0.2) is 66.7 Å². The fraction of sp³-hybridized carbons (Fsp3) is 0.120. The second-order valence-corrected chi connectivity index (χ2v) is 9.17. The summed E-state index contributed by atoms with van der Waals surface area (Å²) in [6.45, 7) is 2.65. The highest BCUT2D eigenvalue weighted by Gasteiger charge is 2.12. The summed E-state index contributed by atoms with van der Waals surface area (Å²) in [6.07, 6.45) is 0. The summed E-state index contributed by atoms with van der Waals surface area (Å²) in [6, 6.07) is 19.6. The van der Waals surface area contributed by atoms with Crippen molar-refractivity contribution >= 4 is 58.1 Å². The number of carbonyl (C=O) groups is 1. The molecule has 9 heteroatoms. The summed E-state index contributed by atoms with van der Waals surface area (Å²) in [5.74, 6) is 0.656. The fourth-order valence-electron chi connectivity index (χ4n) is 3.29. The van der Waals surface area contributed by atoms with E-state index in [4.69, 9.17) is 51.1 Å². The molecule has 1 heterocycles. The van der Waals surface area contributed by atoms with Crippen LogP contribution >= 0.6 is 46.4 Å². The van der Waals surface area contributed by atoms with Crippen molar-refractivity contribution in [1.82, 2.24) is 9.78 Å². The van der Waals surface area contributed by atoms with Crippen LogP contribution in [0.5, 0.6) is 5.75 Å². The Morgan fingerprint density at radius 1 is 0.912 bits per heavy atom. The summed E-state index contributed by atoms with van der Waals surface area (Å²) in [7, 11) is 0. The Bertz CT molecular complexity index is 1350. The molecule has 1 aromatic heterocycles. The highest BCUT2D eigenvalue weighted by molar-refractivity contribution is 6.43. The molecule has 34 heavy (non-hydrogen) atoms. The lowest BCUT2D eigenvalue weighted by Crippen LogP contribution is -2.13. The van der Waals surface area contributed by atoms with E-state index in [0.717, 1.165) is 16.8 Å². The van der Waals surface area contributed by atoms with Crippen molar-refractivity contribution in [2.75, 3.05) is 5.32 Å². The molecule has 0 bridgehead atoms. The first-order chi connectivity index (χ1) is 16.3. The van der Waals surface area contributed by atoms with Crippen molar-refractivity contribution in [3.05, 3.63) is 109 Å². The number of amides is 1. The number of ether oxygens (including phenoxy) is 1. The molecule has 0 aliphatic carbocycles. The first kappa shape index (κ1) is 24.4. The minimum Gasteiger partial charge on any atom is -0.487 e. The molecule has 174 valence electrons. The number of aryl methyl sites for hydroxylation is 1. The number of halogens is 4. The minimum absolute atomic E-state index is 0.235. The van der Waals surface area contributed by atoms with Gasteiger partial charge in [0.15, 0.2) is 5.82 Å². The van der Waals surface area contributed by atoms with E-state index >= 15 is 0 Å². The Morgan fingerprint density at radius 2 is 1.71 bits per heavy atom. The maximum absolute atomic E-state index is 12.8. The van der Waals surface area contributed by atoms with Crippen LogP contribution in [0, 0.1) is 6.92 Å². The first-order valence-electron chi connectivity index (χ1n) is 10.3. The van der Waals surface area contributed by atoms with Crippen LogP contribution in [0.25, 0.3) is 0 Å².